The molecule has 0 spiro atoms. The van der Waals surface area contributed by atoms with Gasteiger partial charge in [-0.3, -0.25) is 0 Å². The van der Waals surface area contributed by atoms with Crippen LogP contribution in [0.4, 0.5) is 5.69 Å². The summed E-state index contributed by atoms with van der Waals surface area (Å²) in [5.74, 6) is 0.798. The number of ether oxygens (including phenoxy) is 2. The third kappa shape index (κ3) is 3.93. The molecule has 1 fully saturated rings. The molecular weight excluding hydrogens is 426 g/mol. The topological polar surface area (TPSA) is 59.2 Å². The van der Waals surface area contributed by atoms with Gasteiger partial charge in [-0.15, -0.1) is 0 Å². The summed E-state index contributed by atoms with van der Waals surface area (Å²) in [4.78, 5) is 2.33. The molecular formula is C28H31N3O3. The van der Waals surface area contributed by atoms with Crippen molar-refractivity contribution < 1.29 is 14.6 Å². The minimum Gasteiger partial charge on any atom is -0.496 e. The Morgan fingerprint density at radius 2 is 1.91 bits per heavy atom. The zero-order chi connectivity index (χ0) is 23.7. The largest absolute Gasteiger partial charge is 0.496 e. The Bertz CT molecular complexity index is 1310. The van der Waals surface area contributed by atoms with Gasteiger partial charge in [0.05, 0.1) is 43.3 Å². The Balaban J connectivity index is 1.84. The maximum Gasteiger partial charge on any atom is 0.126 e. The van der Waals surface area contributed by atoms with Crippen LogP contribution in [-0.2, 0) is 11.3 Å². The summed E-state index contributed by atoms with van der Waals surface area (Å²) in [5, 5.41) is 15.1. The van der Waals surface area contributed by atoms with Gasteiger partial charge in [-0.2, -0.15) is 5.10 Å². The number of aryl methyl sites for hydroxylation is 1. The van der Waals surface area contributed by atoms with Crippen LogP contribution in [0.25, 0.3) is 27.9 Å². The van der Waals surface area contributed by atoms with Gasteiger partial charge in [0.25, 0.3) is 0 Å². The van der Waals surface area contributed by atoms with Gasteiger partial charge >= 0.3 is 0 Å². The van der Waals surface area contributed by atoms with E-state index in [-0.39, 0.29) is 12.6 Å². The van der Waals surface area contributed by atoms with Crippen LogP contribution in [0.5, 0.6) is 5.75 Å². The average molecular weight is 458 g/mol. The number of aliphatic hydroxyl groups excluding tert-OH is 1. The zero-order valence-electron chi connectivity index (χ0n) is 20.0. The zero-order valence-corrected chi connectivity index (χ0v) is 20.0. The van der Waals surface area contributed by atoms with Crippen molar-refractivity contribution in [1.29, 1.82) is 0 Å². The highest BCUT2D eigenvalue weighted by atomic mass is 16.5. The van der Waals surface area contributed by atoms with Gasteiger partial charge in [-0.1, -0.05) is 42.0 Å². The summed E-state index contributed by atoms with van der Waals surface area (Å²) in [6.07, 6.45) is 2.07. The lowest BCUT2D eigenvalue weighted by molar-refractivity contribution is 0.181. The van der Waals surface area contributed by atoms with Crippen LogP contribution >= 0.6 is 0 Å². The molecule has 0 unspecified atom stereocenters. The number of aromatic nitrogens is 2. The summed E-state index contributed by atoms with van der Waals surface area (Å²) in [6.45, 7) is 3.57. The number of aliphatic hydroxyl groups is 1. The van der Waals surface area contributed by atoms with E-state index in [2.05, 4.69) is 54.3 Å². The summed E-state index contributed by atoms with van der Waals surface area (Å²) in [5.41, 5.74) is 8.25. The lowest BCUT2D eigenvalue weighted by Crippen LogP contribution is -2.32. The van der Waals surface area contributed by atoms with Gasteiger partial charge in [0.1, 0.15) is 5.75 Å². The number of para-hydroxylation sites is 1. The average Bonchev–Trinajstić information content (AvgIpc) is 3.48. The third-order valence-electron chi connectivity index (χ3n) is 6.68. The van der Waals surface area contributed by atoms with Crippen molar-refractivity contribution in [1.82, 2.24) is 9.61 Å². The summed E-state index contributed by atoms with van der Waals surface area (Å²) < 4.78 is 13.3. The number of benzene rings is 2. The van der Waals surface area contributed by atoms with Gasteiger partial charge in [-0.05, 0) is 44.0 Å². The number of hydrogen-bond acceptors (Lipinski definition) is 5. The van der Waals surface area contributed by atoms with Crippen LogP contribution in [0.1, 0.15) is 24.1 Å². The summed E-state index contributed by atoms with van der Waals surface area (Å²) >= 11 is 0. The molecule has 1 aliphatic rings. The van der Waals surface area contributed by atoms with E-state index in [1.807, 2.05) is 22.7 Å². The van der Waals surface area contributed by atoms with Crippen molar-refractivity contribution in [3.63, 3.8) is 0 Å². The Labute approximate surface area is 200 Å². The number of anilines is 1. The number of fused-ring (bicyclic) bond motifs is 1. The van der Waals surface area contributed by atoms with Crippen molar-refractivity contribution in [3.8, 4) is 28.1 Å². The second kappa shape index (κ2) is 9.49. The number of hydrogen-bond donors (Lipinski definition) is 1. The molecule has 1 aliphatic heterocycles. The fraction of sp³-hybridized carbons (Fsp3) is 0.321. The van der Waals surface area contributed by atoms with Crippen molar-refractivity contribution in [3.05, 3.63) is 71.9 Å². The van der Waals surface area contributed by atoms with Crippen LogP contribution in [0.2, 0.25) is 0 Å². The lowest BCUT2D eigenvalue weighted by atomic mass is 10.0. The number of rotatable bonds is 7. The lowest BCUT2D eigenvalue weighted by Gasteiger charge is -2.26. The molecule has 1 atom stereocenters. The van der Waals surface area contributed by atoms with E-state index >= 15 is 0 Å². The van der Waals surface area contributed by atoms with E-state index in [1.54, 1.807) is 14.2 Å². The highest BCUT2D eigenvalue weighted by Gasteiger charge is 2.27. The Morgan fingerprint density at radius 3 is 2.68 bits per heavy atom. The molecule has 0 radical (unpaired) electrons. The summed E-state index contributed by atoms with van der Waals surface area (Å²) in [7, 11) is 3.39. The predicted octanol–water partition coefficient (Wildman–Crippen LogP) is 5.09. The highest BCUT2D eigenvalue weighted by Crippen LogP contribution is 2.40. The van der Waals surface area contributed by atoms with E-state index in [0.717, 1.165) is 64.4 Å². The number of pyridine rings is 1. The highest BCUT2D eigenvalue weighted by molar-refractivity contribution is 5.89. The molecule has 4 aromatic rings. The van der Waals surface area contributed by atoms with Gasteiger partial charge in [0.15, 0.2) is 0 Å². The van der Waals surface area contributed by atoms with Gasteiger partial charge in [-0.25, -0.2) is 4.52 Å². The molecule has 0 amide bonds. The van der Waals surface area contributed by atoms with Crippen LogP contribution in [0.3, 0.4) is 0 Å². The third-order valence-corrected chi connectivity index (χ3v) is 6.68. The van der Waals surface area contributed by atoms with Gasteiger partial charge in [0.2, 0.25) is 0 Å². The minimum absolute atomic E-state index is 0.129. The first-order valence-electron chi connectivity index (χ1n) is 11.8. The van der Waals surface area contributed by atoms with Crippen LogP contribution in [-0.4, -0.2) is 48.1 Å². The normalized spacial score (nSPS) is 15.9. The Kier molecular flexibility index (Phi) is 6.26. The van der Waals surface area contributed by atoms with E-state index in [9.17, 15) is 5.11 Å². The molecule has 5 rings (SSSR count). The van der Waals surface area contributed by atoms with Gasteiger partial charge in [0, 0.05) is 36.0 Å². The molecule has 1 N–H and O–H groups in total. The minimum atomic E-state index is 0.129. The van der Waals surface area contributed by atoms with E-state index in [0.29, 0.717) is 6.61 Å². The second-order valence-electron chi connectivity index (χ2n) is 8.89. The van der Waals surface area contributed by atoms with Crippen LogP contribution < -0.4 is 9.64 Å². The van der Waals surface area contributed by atoms with Crippen molar-refractivity contribution >= 4 is 11.2 Å². The molecule has 1 saturated heterocycles. The predicted molar refractivity (Wildman–Crippen MR) is 136 cm³/mol. The first-order valence-corrected chi connectivity index (χ1v) is 11.8. The molecule has 0 aliphatic carbocycles. The van der Waals surface area contributed by atoms with Gasteiger partial charge < -0.3 is 19.5 Å². The van der Waals surface area contributed by atoms with E-state index < -0.39 is 0 Å². The smallest absolute Gasteiger partial charge is 0.126 e. The molecule has 3 heterocycles. The number of methoxy groups -OCH3 is 2. The first kappa shape index (κ1) is 22.4. The maximum atomic E-state index is 10.0. The van der Waals surface area contributed by atoms with Crippen molar-refractivity contribution in [2.45, 2.75) is 32.4 Å². The maximum absolute atomic E-state index is 10.0. The monoisotopic (exact) mass is 457 g/mol. The molecule has 6 heteroatoms. The molecule has 176 valence electrons. The van der Waals surface area contributed by atoms with E-state index in [4.69, 9.17) is 14.6 Å². The fourth-order valence-electron chi connectivity index (χ4n) is 5.10. The number of nitrogens with zero attached hydrogens (tertiary/aromatic N) is 3. The first-order chi connectivity index (χ1) is 16.6. The van der Waals surface area contributed by atoms with Crippen LogP contribution in [0, 0.1) is 6.92 Å². The SMILES string of the molecule is COCc1nn2c(-c3cccc(C)c3)cc(N3CCC[C@H]3CO)cc2c1-c1ccccc1OC. The quantitative estimate of drug-likeness (QED) is 0.419. The molecule has 2 aromatic heterocycles. The fourth-order valence-corrected chi connectivity index (χ4v) is 5.10. The molecule has 2 aromatic carbocycles. The van der Waals surface area contributed by atoms with Crippen molar-refractivity contribution in [2.75, 3.05) is 32.3 Å². The Morgan fingerprint density at radius 1 is 1.06 bits per heavy atom. The molecule has 0 saturated carbocycles. The second-order valence-corrected chi connectivity index (χ2v) is 8.89. The summed E-state index contributed by atoms with van der Waals surface area (Å²) in [6, 6.07) is 21.1. The standard InChI is InChI=1S/C28H31N3O3/c1-19-8-6-9-20(14-19)25-15-22(30-13-7-10-21(30)17-32)16-26-28(24(18-33-2)29-31(25)26)23-11-4-5-12-27(23)34-3/h4-6,8-9,11-12,14-16,21,32H,7,10,13,17-18H2,1-3H3/t21-/m0/s1. The molecule has 6 nitrogen and oxygen atoms in total. The van der Waals surface area contributed by atoms with Crippen LogP contribution in [0.15, 0.2) is 60.7 Å². The molecule has 34 heavy (non-hydrogen) atoms. The molecule has 0 bridgehead atoms. The van der Waals surface area contributed by atoms with E-state index in [1.165, 1.54) is 5.56 Å². The van der Waals surface area contributed by atoms with Crippen molar-refractivity contribution in [2.24, 2.45) is 0 Å². The Hall–Kier alpha value is -3.35.